The molecule has 36 heavy (non-hydrogen) atoms. The monoisotopic (exact) mass is 485 g/mol. The van der Waals surface area contributed by atoms with Gasteiger partial charge >= 0.3 is 0 Å². The van der Waals surface area contributed by atoms with Gasteiger partial charge in [-0.15, -0.1) is 0 Å². The summed E-state index contributed by atoms with van der Waals surface area (Å²) in [6.07, 6.45) is 1.82. The Morgan fingerprint density at radius 3 is 2.33 bits per heavy atom. The minimum absolute atomic E-state index is 0.640. The fourth-order valence-corrected chi connectivity index (χ4v) is 4.12. The maximum Gasteiger partial charge on any atom is 0.210 e. The van der Waals surface area contributed by atoms with E-state index in [1.807, 2.05) is 85.1 Å². The fraction of sp³-hybridized carbons (Fsp3) is 0.276. The van der Waals surface area contributed by atoms with E-state index in [2.05, 4.69) is 29.4 Å². The van der Waals surface area contributed by atoms with Crippen LogP contribution in [0.1, 0.15) is 25.0 Å². The number of hydrogen-bond donors (Lipinski definition) is 3. The first kappa shape index (κ1) is 25.3. The Kier molecular flexibility index (Phi) is 8.25. The van der Waals surface area contributed by atoms with Crippen LogP contribution < -0.4 is 25.8 Å². The van der Waals surface area contributed by atoms with E-state index in [-0.39, 0.29) is 0 Å². The molecule has 3 aromatic rings. The van der Waals surface area contributed by atoms with Crippen LogP contribution in [0.25, 0.3) is 5.57 Å². The second-order valence-electron chi connectivity index (χ2n) is 8.53. The zero-order valence-electron chi connectivity index (χ0n) is 21.2. The predicted molar refractivity (Wildman–Crippen MR) is 147 cm³/mol. The van der Waals surface area contributed by atoms with Crippen molar-refractivity contribution in [1.29, 1.82) is 0 Å². The number of likely N-dealkylation sites (N-methyl/N-ethyl adjacent to an activating group) is 1. The standard InChI is InChI=1S/C29H35N5O2/c1-4-34(5-2)19-20-36-24-17-15-23(16-18-24)29(30)31-21-25(22-11-7-6-8-12-22)28(33-29)32-26-13-9-10-14-27(26)35-3/h6-18,21,32-33H,4-5,19-20,30H2,1-3H3. The number of nitrogens with one attached hydrogen (secondary N) is 2. The van der Waals surface area contributed by atoms with Crippen molar-refractivity contribution in [3.63, 3.8) is 0 Å². The molecule has 7 heteroatoms. The highest BCUT2D eigenvalue weighted by atomic mass is 16.5. The number of hydrogen-bond acceptors (Lipinski definition) is 7. The molecule has 4 rings (SSSR count). The fourth-order valence-electron chi connectivity index (χ4n) is 4.12. The summed E-state index contributed by atoms with van der Waals surface area (Å²) < 4.78 is 11.5. The average Bonchev–Trinajstić information content (AvgIpc) is 2.92. The third-order valence-electron chi connectivity index (χ3n) is 6.30. The summed E-state index contributed by atoms with van der Waals surface area (Å²) in [5.74, 6) is 1.13. The molecule has 4 N–H and O–H groups in total. The molecule has 1 unspecified atom stereocenters. The number of benzene rings is 3. The number of anilines is 1. The van der Waals surface area contributed by atoms with E-state index in [0.29, 0.717) is 6.61 Å². The van der Waals surface area contributed by atoms with Crippen LogP contribution in [0, 0.1) is 0 Å². The van der Waals surface area contributed by atoms with Crippen molar-refractivity contribution in [2.24, 2.45) is 10.7 Å². The van der Waals surface area contributed by atoms with Gasteiger partial charge < -0.3 is 25.0 Å². The number of allylic oxidation sites excluding steroid dienone is 1. The van der Waals surface area contributed by atoms with Gasteiger partial charge in [-0.3, -0.25) is 5.73 Å². The lowest BCUT2D eigenvalue weighted by molar-refractivity contribution is 0.222. The summed E-state index contributed by atoms with van der Waals surface area (Å²) in [7, 11) is 1.65. The van der Waals surface area contributed by atoms with Gasteiger partial charge in [0.2, 0.25) is 5.79 Å². The van der Waals surface area contributed by atoms with Crippen molar-refractivity contribution in [1.82, 2.24) is 10.2 Å². The highest BCUT2D eigenvalue weighted by molar-refractivity contribution is 6.12. The van der Waals surface area contributed by atoms with Crippen molar-refractivity contribution < 1.29 is 9.47 Å². The molecule has 0 aliphatic carbocycles. The molecule has 1 aliphatic heterocycles. The molecule has 0 fully saturated rings. The lowest BCUT2D eigenvalue weighted by atomic mass is 10.0. The van der Waals surface area contributed by atoms with E-state index in [9.17, 15) is 0 Å². The molecule has 1 heterocycles. The van der Waals surface area contributed by atoms with Crippen LogP contribution in [-0.2, 0) is 5.79 Å². The van der Waals surface area contributed by atoms with Crippen molar-refractivity contribution >= 4 is 17.5 Å². The van der Waals surface area contributed by atoms with Gasteiger partial charge in [0.15, 0.2) is 0 Å². The van der Waals surface area contributed by atoms with E-state index < -0.39 is 5.79 Å². The van der Waals surface area contributed by atoms with E-state index in [1.54, 1.807) is 7.11 Å². The summed E-state index contributed by atoms with van der Waals surface area (Å²) in [5, 5.41) is 6.91. The molecule has 0 radical (unpaired) electrons. The largest absolute Gasteiger partial charge is 0.495 e. The molecule has 1 atom stereocenters. The predicted octanol–water partition coefficient (Wildman–Crippen LogP) is 4.64. The number of nitrogens with zero attached hydrogens (tertiary/aromatic N) is 2. The van der Waals surface area contributed by atoms with E-state index >= 15 is 0 Å². The van der Waals surface area contributed by atoms with Gasteiger partial charge in [-0.05, 0) is 55.1 Å². The summed E-state index contributed by atoms with van der Waals surface area (Å²) >= 11 is 0. The van der Waals surface area contributed by atoms with Gasteiger partial charge in [0.25, 0.3) is 0 Å². The SMILES string of the molecule is CCN(CC)CCOc1ccc(C2(N)N=CC(c3ccccc3)=C(Nc3ccccc3OC)N2)cc1. The minimum atomic E-state index is -1.15. The van der Waals surface area contributed by atoms with Crippen LogP contribution in [-0.4, -0.2) is 44.5 Å². The molecule has 0 amide bonds. The van der Waals surface area contributed by atoms with Crippen LogP contribution in [0.15, 0.2) is 89.7 Å². The van der Waals surface area contributed by atoms with Gasteiger partial charge in [0.05, 0.1) is 12.8 Å². The second kappa shape index (κ2) is 11.7. The third kappa shape index (κ3) is 5.87. The molecule has 0 saturated carbocycles. The Hall–Kier alpha value is -3.81. The highest BCUT2D eigenvalue weighted by Crippen LogP contribution is 2.31. The number of rotatable bonds is 11. The van der Waals surface area contributed by atoms with Crippen LogP contribution in [0.3, 0.4) is 0 Å². The van der Waals surface area contributed by atoms with Crippen LogP contribution in [0.4, 0.5) is 5.69 Å². The number of para-hydroxylation sites is 2. The second-order valence-corrected chi connectivity index (χ2v) is 8.53. The molecule has 7 nitrogen and oxygen atoms in total. The summed E-state index contributed by atoms with van der Waals surface area (Å²) in [6.45, 7) is 7.88. The molecule has 0 aromatic heterocycles. The quantitative estimate of drug-likeness (QED) is 0.367. The molecular formula is C29H35N5O2. The summed E-state index contributed by atoms with van der Waals surface area (Å²) in [6, 6.07) is 25.6. The lowest BCUT2D eigenvalue weighted by Crippen LogP contribution is -2.51. The van der Waals surface area contributed by atoms with Crippen LogP contribution >= 0.6 is 0 Å². The first-order chi connectivity index (χ1) is 17.6. The van der Waals surface area contributed by atoms with Crippen molar-refractivity contribution in [3.05, 3.63) is 95.8 Å². The summed E-state index contributed by atoms with van der Waals surface area (Å²) in [5.41, 5.74) is 10.4. The van der Waals surface area contributed by atoms with Gasteiger partial charge in [-0.2, -0.15) is 0 Å². The Morgan fingerprint density at radius 1 is 0.944 bits per heavy atom. The Balaban J connectivity index is 1.57. The summed E-state index contributed by atoms with van der Waals surface area (Å²) in [4.78, 5) is 7.06. The maximum absolute atomic E-state index is 6.80. The van der Waals surface area contributed by atoms with Gasteiger partial charge in [0, 0.05) is 23.9 Å². The van der Waals surface area contributed by atoms with E-state index in [1.165, 1.54) is 0 Å². The topological polar surface area (TPSA) is 84.1 Å². The van der Waals surface area contributed by atoms with E-state index in [0.717, 1.165) is 59.3 Å². The first-order valence-electron chi connectivity index (χ1n) is 12.3. The Morgan fingerprint density at radius 2 is 1.64 bits per heavy atom. The molecule has 188 valence electrons. The Bertz CT molecular complexity index is 1190. The number of nitrogens with two attached hydrogens (primary N) is 1. The smallest absolute Gasteiger partial charge is 0.210 e. The highest BCUT2D eigenvalue weighted by Gasteiger charge is 2.31. The molecule has 1 aliphatic rings. The maximum atomic E-state index is 6.80. The van der Waals surface area contributed by atoms with Crippen molar-refractivity contribution in [2.45, 2.75) is 19.6 Å². The number of aliphatic imine (C=N–C) groups is 1. The zero-order valence-corrected chi connectivity index (χ0v) is 21.2. The van der Waals surface area contributed by atoms with Crippen molar-refractivity contribution in [3.8, 4) is 11.5 Å². The van der Waals surface area contributed by atoms with Crippen LogP contribution in [0.2, 0.25) is 0 Å². The Labute approximate surface area is 213 Å². The lowest BCUT2D eigenvalue weighted by Gasteiger charge is -2.34. The molecule has 0 spiro atoms. The van der Waals surface area contributed by atoms with Crippen LogP contribution in [0.5, 0.6) is 11.5 Å². The van der Waals surface area contributed by atoms with Gasteiger partial charge in [0.1, 0.15) is 23.9 Å². The third-order valence-corrected chi connectivity index (χ3v) is 6.30. The van der Waals surface area contributed by atoms with Crippen molar-refractivity contribution in [2.75, 3.05) is 38.7 Å². The number of methoxy groups -OCH3 is 1. The molecule has 0 bridgehead atoms. The minimum Gasteiger partial charge on any atom is -0.495 e. The molecule has 3 aromatic carbocycles. The van der Waals surface area contributed by atoms with E-state index in [4.69, 9.17) is 20.2 Å². The molecular weight excluding hydrogens is 450 g/mol. The molecule has 0 saturated heterocycles. The number of ether oxygens (including phenoxy) is 2. The normalized spacial score (nSPS) is 17.1. The van der Waals surface area contributed by atoms with Gasteiger partial charge in [-0.25, -0.2) is 4.99 Å². The zero-order chi connectivity index (χ0) is 25.4. The first-order valence-corrected chi connectivity index (χ1v) is 12.3. The average molecular weight is 486 g/mol. The van der Waals surface area contributed by atoms with Gasteiger partial charge in [-0.1, -0.05) is 56.3 Å².